The molecular formula is C11H18BrN3. The third-order valence-electron chi connectivity index (χ3n) is 2.24. The summed E-state index contributed by atoms with van der Waals surface area (Å²) >= 11 is 3.44. The van der Waals surface area contributed by atoms with Gasteiger partial charge in [0.15, 0.2) is 0 Å². The first-order valence-electron chi connectivity index (χ1n) is 5.31. The van der Waals surface area contributed by atoms with Crippen LogP contribution < -0.4 is 11.1 Å². The number of hydrogen-bond donors (Lipinski definition) is 2. The molecule has 0 aliphatic heterocycles. The monoisotopic (exact) mass is 271 g/mol. The fourth-order valence-corrected chi connectivity index (χ4v) is 1.86. The van der Waals surface area contributed by atoms with Crippen molar-refractivity contribution < 1.29 is 0 Å². The van der Waals surface area contributed by atoms with Gasteiger partial charge in [0.1, 0.15) is 5.82 Å². The summed E-state index contributed by atoms with van der Waals surface area (Å²) in [6.07, 6.45) is 5.29. The molecule has 1 heterocycles. The predicted molar refractivity (Wildman–Crippen MR) is 69.0 cm³/mol. The zero-order valence-corrected chi connectivity index (χ0v) is 10.8. The molecule has 0 spiro atoms. The van der Waals surface area contributed by atoms with Crippen LogP contribution in [0.3, 0.4) is 0 Å². The lowest BCUT2D eigenvalue weighted by Crippen LogP contribution is -2.16. The van der Waals surface area contributed by atoms with Gasteiger partial charge in [-0.15, -0.1) is 0 Å². The van der Waals surface area contributed by atoms with Gasteiger partial charge < -0.3 is 11.1 Å². The number of nitrogens with one attached hydrogen (secondary N) is 1. The lowest BCUT2D eigenvalue weighted by molar-refractivity contribution is 0.643. The number of halogens is 1. The molecule has 1 aromatic heterocycles. The molecule has 0 amide bonds. The van der Waals surface area contributed by atoms with Crippen LogP contribution in [0.4, 0.5) is 11.5 Å². The van der Waals surface area contributed by atoms with Crippen LogP contribution in [0.25, 0.3) is 0 Å². The van der Waals surface area contributed by atoms with Gasteiger partial charge in [0.25, 0.3) is 0 Å². The summed E-state index contributed by atoms with van der Waals surface area (Å²) in [5.41, 5.74) is 6.29. The molecule has 1 atom stereocenters. The average molecular weight is 272 g/mol. The smallest absolute Gasteiger partial charge is 0.140 e. The van der Waals surface area contributed by atoms with Crippen LogP contribution in [-0.4, -0.2) is 11.0 Å². The van der Waals surface area contributed by atoms with Crippen molar-refractivity contribution in [3.63, 3.8) is 0 Å². The molecule has 0 radical (unpaired) electrons. The molecule has 1 unspecified atom stereocenters. The van der Waals surface area contributed by atoms with Crippen molar-refractivity contribution in [2.45, 2.75) is 39.2 Å². The summed E-state index contributed by atoms with van der Waals surface area (Å²) in [5, 5.41) is 3.36. The van der Waals surface area contributed by atoms with E-state index in [-0.39, 0.29) is 0 Å². The van der Waals surface area contributed by atoms with E-state index in [9.17, 15) is 0 Å². The number of anilines is 2. The predicted octanol–water partition coefficient (Wildman–Crippen LogP) is 3.42. The number of rotatable bonds is 5. The highest BCUT2D eigenvalue weighted by Crippen LogP contribution is 2.22. The molecule has 3 nitrogen and oxygen atoms in total. The van der Waals surface area contributed by atoms with Crippen molar-refractivity contribution in [3.05, 3.63) is 16.7 Å². The Balaban J connectivity index is 2.56. The third kappa shape index (κ3) is 4.08. The SMILES string of the molecule is CCCCC(C)Nc1ncc(N)cc1Br. The number of hydrogen-bond acceptors (Lipinski definition) is 3. The first-order chi connectivity index (χ1) is 7.13. The van der Waals surface area contributed by atoms with Crippen LogP contribution in [-0.2, 0) is 0 Å². The Labute approximate surface area is 99.6 Å². The number of nitrogens with two attached hydrogens (primary N) is 1. The van der Waals surface area contributed by atoms with Crippen LogP contribution in [0.1, 0.15) is 33.1 Å². The maximum atomic E-state index is 5.62. The van der Waals surface area contributed by atoms with Crippen molar-refractivity contribution in [1.82, 2.24) is 4.98 Å². The Kier molecular flexibility index (Phi) is 4.88. The van der Waals surface area contributed by atoms with Crippen LogP contribution in [0, 0.1) is 0 Å². The second-order valence-corrected chi connectivity index (χ2v) is 4.64. The normalized spacial score (nSPS) is 12.5. The zero-order chi connectivity index (χ0) is 11.3. The van der Waals surface area contributed by atoms with E-state index in [0.717, 1.165) is 16.7 Å². The van der Waals surface area contributed by atoms with Gasteiger partial charge in [0.05, 0.1) is 16.4 Å². The molecule has 1 aromatic rings. The molecule has 0 aromatic carbocycles. The number of pyridine rings is 1. The molecular weight excluding hydrogens is 254 g/mol. The van der Waals surface area contributed by atoms with E-state index in [4.69, 9.17) is 5.73 Å². The molecule has 84 valence electrons. The molecule has 0 aliphatic rings. The molecule has 0 saturated carbocycles. The average Bonchev–Trinajstić information content (AvgIpc) is 2.19. The lowest BCUT2D eigenvalue weighted by Gasteiger charge is -2.15. The molecule has 0 bridgehead atoms. The minimum Gasteiger partial charge on any atom is -0.397 e. The molecule has 1 rings (SSSR count). The Morgan fingerprint density at radius 1 is 1.60 bits per heavy atom. The van der Waals surface area contributed by atoms with Crippen molar-refractivity contribution in [2.75, 3.05) is 11.1 Å². The van der Waals surface area contributed by atoms with Gasteiger partial charge in [-0.3, -0.25) is 0 Å². The van der Waals surface area contributed by atoms with E-state index in [2.05, 4.69) is 40.1 Å². The van der Waals surface area contributed by atoms with Crippen molar-refractivity contribution in [3.8, 4) is 0 Å². The van der Waals surface area contributed by atoms with Gasteiger partial charge in [-0.05, 0) is 35.3 Å². The summed E-state index contributed by atoms with van der Waals surface area (Å²) in [4.78, 5) is 4.24. The van der Waals surface area contributed by atoms with E-state index >= 15 is 0 Å². The van der Waals surface area contributed by atoms with Crippen molar-refractivity contribution in [2.24, 2.45) is 0 Å². The summed E-state index contributed by atoms with van der Waals surface area (Å²) in [7, 11) is 0. The van der Waals surface area contributed by atoms with Crippen molar-refractivity contribution in [1.29, 1.82) is 0 Å². The number of aromatic nitrogens is 1. The second kappa shape index (κ2) is 5.95. The van der Waals surface area contributed by atoms with E-state index in [0.29, 0.717) is 11.7 Å². The number of unbranched alkanes of at least 4 members (excludes halogenated alkanes) is 1. The maximum Gasteiger partial charge on any atom is 0.140 e. The third-order valence-corrected chi connectivity index (χ3v) is 2.84. The highest BCUT2D eigenvalue weighted by Gasteiger charge is 2.05. The first kappa shape index (κ1) is 12.3. The van der Waals surface area contributed by atoms with Crippen LogP contribution in [0.2, 0.25) is 0 Å². The van der Waals surface area contributed by atoms with Gasteiger partial charge in [-0.1, -0.05) is 19.8 Å². The summed E-state index contributed by atoms with van der Waals surface area (Å²) in [6.45, 7) is 4.37. The molecule has 15 heavy (non-hydrogen) atoms. The van der Waals surface area contributed by atoms with E-state index in [1.165, 1.54) is 12.8 Å². The fraction of sp³-hybridized carbons (Fsp3) is 0.545. The Hall–Kier alpha value is -0.770. The largest absolute Gasteiger partial charge is 0.397 e. The highest BCUT2D eigenvalue weighted by atomic mass is 79.9. The maximum absolute atomic E-state index is 5.62. The van der Waals surface area contributed by atoms with Crippen LogP contribution in [0.5, 0.6) is 0 Å². The van der Waals surface area contributed by atoms with Gasteiger partial charge >= 0.3 is 0 Å². The first-order valence-corrected chi connectivity index (χ1v) is 6.10. The minimum absolute atomic E-state index is 0.442. The van der Waals surface area contributed by atoms with Crippen LogP contribution in [0.15, 0.2) is 16.7 Å². The topological polar surface area (TPSA) is 50.9 Å². The quantitative estimate of drug-likeness (QED) is 0.863. The Morgan fingerprint density at radius 2 is 2.33 bits per heavy atom. The molecule has 0 aliphatic carbocycles. The molecule has 4 heteroatoms. The molecule has 0 saturated heterocycles. The van der Waals surface area contributed by atoms with Crippen molar-refractivity contribution >= 4 is 27.4 Å². The van der Waals surface area contributed by atoms with Gasteiger partial charge in [0, 0.05) is 6.04 Å². The second-order valence-electron chi connectivity index (χ2n) is 3.79. The standard InChI is InChI=1S/C11H18BrN3/c1-3-4-5-8(2)15-11-10(12)6-9(13)7-14-11/h6-8H,3-5,13H2,1-2H3,(H,14,15). The summed E-state index contributed by atoms with van der Waals surface area (Å²) in [5.74, 6) is 0.868. The fourth-order valence-electron chi connectivity index (χ4n) is 1.37. The molecule has 0 fully saturated rings. The van der Waals surface area contributed by atoms with E-state index in [1.54, 1.807) is 6.20 Å². The van der Waals surface area contributed by atoms with E-state index in [1.807, 2.05) is 6.07 Å². The summed E-state index contributed by atoms with van der Waals surface area (Å²) < 4.78 is 0.922. The Bertz CT molecular complexity index is 315. The van der Waals surface area contributed by atoms with E-state index < -0.39 is 0 Å². The van der Waals surface area contributed by atoms with Gasteiger partial charge in [-0.25, -0.2) is 4.98 Å². The van der Waals surface area contributed by atoms with Crippen LogP contribution >= 0.6 is 15.9 Å². The lowest BCUT2D eigenvalue weighted by atomic mass is 10.1. The van der Waals surface area contributed by atoms with Gasteiger partial charge in [-0.2, -0.15) is 0 Å². The number of nitrogens with zero attached hydrogens (tertiary/aromatic N) is 1. The minimum atomic E-state index is 0.442. The highest BCUT2D eigenvalue weighted by molar-refractivity contribution is 9.10. The Morgan fingerprint density at radius 3 is 2.93 bits per heavy atom. The number of nitrogen functional groups attached to an aromatic ring is 1. The zero-order valence-electron chi connectivity index (χ0n) is 9.26. The van der Waals surface area contributed by atoms with Gasteiger partial charge in [0.2, 0.25) is 0 Å². The summed E-state index contributed by atoms with van der Waals surface area (Å²) in [6, 6.07) is 2.30. The molecule has 3 N–H and O–H groups in total.